The predicted molar refractivity (Wildman–Crippen MR) is 95.0 cm³/mol. The third-order valence-electron chi connectivity index (χ3n) is 4.20. The summed E-state index contributed by atoms with van der Waals surface area (Å²) >= 11 is 0. The van der Waals surface area contributed by atoms with Crippen LogP contribution in [0.1, 0.15) is 29.2 Å². The van der Waals surface area contributed by atoms with Crippen LogP contribution in [0.4, 0.5) is 0 Å². The largest absolute Gasteiger partial charge is 0.304 e. The maximum atomic E-state index is 4.63. The summed E-state index contributed by atoms with van der Waals surface area (Å²) in [6.45, 7) is 10.3. The summed E-state index contributed by atoms with van der Waals surface area (Å²) in [5, 5.41) is 2.41. The van der Waals surface area contributed by atoms with Crippen molar-refractivity contribution in [3.8, 4) is 11.3 Å². The van der Waals surface area contributed by atoms with E-state index in [0.717, 1.165) is 23.2 Å². The molecule has 0 aliphatic heterocycles. The average Bonchev–Trinajstić information content (AvgIpc) is 2.54. The molecular formula is C21H20IrN-. The van der Waals surface area contributed by atoms with Crippen molar-refractivity contribution >= 4 is 16.8 Å². The van der Waals surface area contributed by atoms with Gasteiger partial charge in [0.25, 0.3) is 0 Å². The Morgan fingerprint density at radius 2 is 1.91 bits per heavy atom. The molecule has 0 saturated heterocycles. The SMILES string of the molecule is C=Cc1ccc2c(-c3[c-]c(C)cc(CC)c3)nccc2c1C.[Ir]. The van der Waals surface area contributed by atoms with Gasteiger partial charge in [0, 0.05) is 26.3 Å². The molecule has 0 fully saturated rings. The monoisotopic (exact) mass is 479 g/mol. The predicted octanol–water partition coefficient (Wildman–Crippen LogP) is 5.52. The Balaban J connectivity index is 0.00000192. The van der Waals surface area contributed by atoms with Crippen LogP contribution in [-0.4, -0.2) is 4.98 Å². The van der Waals surface area contributed by atoms with Crippen LogP contribution >= 0.6 is 0 Å². The Kier molecular flexibility index (Phi) is 5.51. The van der Waals surface area contributed by atoms with Gasteiger partial charge in [-0.2, -0.15) is 0 Å². The van der Waals surface area contributed by atoms with Crippen molar-refractivity contribution in [3.05, 3.63) is 71.4 Å². The molecule has 3 rings (SSSR count). The van der Waals surface area contributed by atoms with E-state index in [-0.39, 0.29) is 20.1 Å². The van der Waals surface area contributed by atoms with Gasteiger partial charge in [0.2, 0.25) is 0 Å². The maximum absolute atomic E-state index is 4.63. The number of hydrogen-bond donors (Lipinski definition) is 0. The zero-order valence-electron chi connectivity index (χ0n) is 13.7. The van der Waals surface area contributed by atoms with Crippen LogP contribution in [0.5, 0.6) is 0 Å². The van der Waals surface area contributed by atoms with Gasteiger partial charge in [-0.05, 0) is 47.0 Å². The smallest absolute Gasteiger partial charge is 0.0167 e. The molecule has 2 heteroatoms. The third-order valence-corrected chi connectivity index (χ3v) is 4.20. The summed E-state index contributed by atoms with van der Waals surface area (Å²) in [6.07, 6.45) is 4.81. The van der Waals surface area contributed by atoms with Crippen LogP contribution in [0.2, 0.25) is 0 Å². The van der Waals surface area contributed by atoms with Crippen molar-refractivity contribution in [2.24, 2.45) is 0 Å². The Hall–Kier alpha value is -1.76. The maximum Gasteiger partial charge on any atom is 0.0167 e. The van der Waals surface area contributed by atoms with E-state index in [0.29, 0.717) is 0 Å². The van der Waals surface area contributed by atoms with Crippen molar-refractivity contribution in [3.63, 3.8) is 0 Å². The van der Waals surface area contributed by atoms with Gasteiger partial charge in [0.1, 0.15) is 0 Å². The molecule has 0 N–H and O–H groups in total. The Bertz CT molecular complexity index is 865. The number of benzene rings is 2. The number of hydrogen-bond acceptors (Lipinski definition) is 1. The van der Waals surface area contributed by atoms with Crippen molar-refractivity contribution in [2.75, 3.05) is 0 Å². The van der Waals surface area contributed by atoms with E-state index in [2.05, 4.69) is 68.7 Å². The van der Waals surface area contributed by atoms with Gasteiger partial charge in [-0.3, -0.25) is 0 Å². The average molecular weight is 479 g/mol. The summed E-state index contributed by atoms with van der Waals surface area (Å²) in [5.41, 5.74) is 6.99. The van der Waals surface area contributed by atoms with E-state index in [1.165, 1.54) is 27.5 Å². The molecule has 119 valence electrons. The van der Waals surface area contributed by atoms with Gasteiger partial charge >= 0.3 is 0 Å². The first-order chi connectivity index (χ1) is 10.6. The summed E-state index contributed by atoms with van der Waals surface area (Å²) < 4.78 is 0. The van der Waals surface area contributed by atoms with Gasteiger partial charge in [-0.15, -0.1) is 34.9 Å². The molecule has 1 nitrogen and oxygen atoms in total. The normalized spacial score (nSPS) is 10.4. The van der Waals surface area contributed by atoms with Crippen LogP contribution in [0.25, 0.3) is 28.1 Å². The number of rotatable bonds is 3. The van der Waals surface area contributed by atoms with Gasteiger partial charge < -0.3 is 4.98 Å². The molecule has 1 radical (unpaired) electrons. The first-order valence-corrected chi connectivity index (χ1v) is 7.68. The number of pyridine rings is 1. The molecule has 23 heavy (non-hydrogen) atoms. The van der Waals surface area contributed by atoms with Crippen LogP contribution in [0, 0.1) is 19.9 Å². The van der Waals surface area contributed by atoms with E-state index in [9.17, 15) is 0 Å². The fourth-order valence-electron chi connectivity index (χ4n) is 2.98. The van der Waals surface area contributed by atoms with Crippen molar-refractivity contribution in [2.45, 2.75) is 27.2 Å². The van der Waals surface area contributed by atoms with Crippen LogP contribution in [0.3, 0.4) is 0 Å². The first-order valence-electron chi connectivity index (χ1n) is 7.68. The van der Waals surface area contributed by atoms with E-state index in [4.69, 9.17) is 0 Å². The van der Waals surface area contributed by atoms with Crippen molar-refractivity contribution in [1.82, 2.24) is 4.98 Å². The molecule has 0 spiro atoms. The zero-order chi connectivity index (χ0) is 15.7. The number of nitrogens with zero attached hydrogens (tertiary/aromatic N) is 1. The van der Waals surface area contributed by atoms with Crippen LogP contribution < -0.4 is 0 Å². The van der Waals surface area contributed by atoms with Crippen molar-refractivity contribution in [1.29, 1.82) is 0 Å². The first kappa shape index (κ1) is 17.6. The molecule has 0 saturated carbocycles. The number of aryl methyl sites for hydroxylation is 3. The molecule has 0 aliphatic rings. The zero-order valence-corrected chi connectivity index (χ0v) is 16.1. The minimum Gasteiger partial charge on any atom is -0.304 e. The van der Waals surface area contributed by atoms with Gasteiger partial charge in [0.05, 0.1) is 0 Å². The van der Waals surface area contributed by atoms with Gasteiger partial charge in [-0.1, -0.05) is 38.6 Å². The van der Waals surface area contributed by atoms with E-state index in [1.54, 1.807) is 0 Å². The van der Waals surface area contributed by atoms with Crippen LogP contribution in [0.15, 0.2) is 43.1 Å². The molecule has 0 unspecified atom stereocenters. The molecule has 0 bridgehead atoms. The molecule has 0 atom stereocenters. The van der Waals surface area contributed by atoms with Gasteiger partial charge in [-0.25, -0.2) is 0 Å². The quantitative estimate of drug-likeness (QED) is 0.452. The van der Waals surface area contributed by atoms with E-state index < -0.39 is 0 Å². The molecule has 2 aromatic carbocycles. The van der Waals surface area contributed by atoms with Gasteiger partial charge in [0.15, 0.2) is 0 Å². The summed E-state index contributed by atoms with van der Waals surface area (Å²) in [7, 11) is 0. The summed E-state index contributed by atoms with van der Waals surface area (Å²) in [5.74, 6) is 0. The second kappa shape index (κ2) is 7.21. The second-order valence-electron chi connectivity index (χ2n) is 5.68. The van der Waals surface area contributed by atoms with E-state index in [1.807, 2.05) is 12.3 Å². The summed E-state index contributed by atoms with van der Waals surface area (Å²) in [6, 6.07) is 14.2. The summed E-state index contributed by atoms with van der Waals surface area (Å²) in [4.78, 5) is 4.63. The Morgan fingerprint density at radius 3 is 2.61 bits per heavy atom. The number of aromatic nitrogens is 1. The molecule has 1 aromatic heterocycles. The Labute approximate surface area is 151 Å². The second-order valence-corrected chi connectivity index (χ2v) is 5.68. The standard InChI is InChI=1S/C21H20N.Ir/c1-5-16-11-14(3)12-18(13-16)21-20-8-7-17(6-2)15(4)19(20)9-10-22-21;/h6-11,13H,2,5H2,1,3-4H3;/q-1;. The molecular weight excluding hydrogens is 458 g/mol. The fraction of sp³-hybridized carbons (Fsp3) is 0.190. The number of fused-ring (bicyclic) bond motifs is 1. The van der Waals surface area contributed by atoms with Crippen molar-refractivity contribution < 1.29 is 20.1 Å². The molecule has 3 aromatic rings. The molecule has 0 aliphatic carbocycles. The molecule has 0 amide bonds. The minimum atomic E-state index is 0. The topological polar surface area (TPSA) is 12.9 Å². The fourth-order valence-corrected chi connectivity index (χ4v) is 2.98. The van der Waals surface area contributed by atoms with E-state index >= 15 is 0 Å². The third kappa shape index (κ3) is 3.29. The van der Waals surface area contributed by atoms with Crippen LogP contribution in [-0.2, 0) is 26.5 Å². The Morgan fingerprint density at radius 1 is 1.13 bits per heavy atom. The minimum absolute atomic E-state index is 0. The molecule has 1 heterocycles.